The van der Waals surface area contributed by atoms with Crippen molar-refractivity contribution in [2.75, 3.05) is 7.11 Å². The van der Waals surface area contributed by atoms with Gasteiger partial charge in [-0.2, -0.15) is 0 Å². The summed E-state index contributed by atoms with van der Waals surface area (Å²) in [7, 11) is 1.61. The summed E-state index contributed by atoms with van der Waals surface area (Å²) in [6.45, 7) is 1.99. The van der Waals surface area contributed by atoms with Gasteiger partial charge in [-0.05, 0) is 48.9 Å². The van der Waals surface area contributed by atoms with Gasteiger partial charge >= 0.3 is 0 Å². The lowest BCUT2D eigenvalue weighted by Crippen LogP contribution is -2.13. The molecule has 1 aliphatic carbocycles. The highest BCUT2D eigenvalue weighted by Gasteiger charge is 2.17. The Kier molecular flexibility index (Phi) is 5.64. The Balaban J connectivity index is 2.08. The fraction of sp³-hybridized carbons (Fsp3) is 0.381. The molecule has 0 spiro atoms. The van der Waals surface area contributed by atoms with Crippen molar-refractivity contribution in [1.82, 2.24) is 4.98 Å². The van der Waals surface area contributed by atoms with Crippen molar-refractivity contribution in [2.45, 2.75) is 39.0 Å². The van der Waals surface area contributed by atoms with E-state index in [-0.39, 0.29) is 5.56 Å². The van der Waals surface area contributed by atoms with Gasteiger partial charge in [-0.1, -0.05) is 49.6 Å². The zero-order valence-corrected chi connectivity index (χ0v) is 15.5. The molecule has 0 amide bonds. The number of ether oxygens (including phenoxy) is 1. The van der Waals surface area contributed by atoms with Crippen LogP contribution >= 0.6 is 11.6 Å². The Bertz CT molecular complexity index is 832. The predicted octanol–water partition coefficient (Wildman–Crippen LogP) is 5.22. The van der Waals surface area contributed by atoms with E-state index in [1.165, 1.54) is 25.7 Å². The second-order valence-electron chi connectivity index (χ2n) is 6.55. The molecule has 0 saturated heterocycles. The molecule has 1 heterocycles. The van der Waals surface area contributed by atoms with Gasteiger partial charge in [0.1, 0.15) is 5.75 Å². The van der Waals surface area contributed by atoms with Gasteiger partial charge in [-0.15, -0.1) is 0 Å². The van der Waals surface area contributed by atoms with Crippen molar-refractivity contribution < 1.29 is 4.74 Å². The molecule has 3 nitrogen and oxygen atoms in total. The molecule has 0 unspecified atom stereocenters. The quantitative estimate of drug-likeness (QED) is 0.796. The van der Waals surface area contributed by atoms with Crippen LogP contribution in [0.15, 0.2) is 41.2 Å². The average Bonchev–Trinajstić information content (AvgIpc) is 3.13. The van der Waals surface area contributed by atoms with E-state index in [0.29, 0.717) is 16.7 Å². The molecule has 0 atom stereocenters. The van der Waals surface area contributed by atoms with Crippen molar-refractivity contribution in [3.05, 3.63) is 68.6 Å². The number of aromatic nitrogens is 1. The number of pyridine rings is 1. The van der Waals surface area contributed by atoms with Gasteiger partial charge in [0.2, 0.25) is 0 Å². The first-order valence-electron chi connectivity index (χ1n) is 8.90. The lowest BCUT2D eigenvalue weighted by Gasteiger charge is -2.13. The number of allylic oxidation sites excluding steroid dienone is 1. The molecule has 0 radical (unpaired) electrons. The molecule has 1 saturated carbocycles. The van der Waals surface area contributed by atoms with Gasteiger partial charge in [0.05, 0.1) is 12.1 Å². The predicted molar refractivity (Wildman–Crippen MR) is 103 cm³/mol. The van der Waals surface area contributed by atoms with Crippen LogP contribution < -0.4 is 10.3 Å². The van der Waals surface area contributed by atoms with Crippen LogP contribution in [0, 0.1) is 5.92 Å². The third kappa shape index (κ3) is 3.98. The van der Waals surface area contributed by atoms with Crippen molar-refractivity contribution >= 4 is 17.2 Å². The largest absolute Gasteiger partial charge is 0.495 e. The summed E-state index contributed by atoms with van der Waals surface area (Å²) in [6, 6.07) is 9.70. The van der Waals surface area contributed by atoms with E-state index in [1.807, 2.05) is 37.3 Å². The highest BCUT2D eigenvalue weighted by molar-refractivity contribution is 6.32. The lowest BCUT2D eigenvalue weighted by atomic mass is 9.95. The summed E-state index contributed by atoms with van der Waals surface area (Å²) in [4.78, 5) is 15.3. The molecule has 3 rings (SSSR count). The fourth-order valence-electron chi connectivity index (χ4n) is 3.47. The highest BCUT2D eigenvalue weighted by Crippen LogP contribution is 2.34. The summed E-state index contributed by atoms with van der Waals surface area (Å²) < 4.78 is 5.26. The summed E-state index contributed by atoms with van der Waals surface area (Å²) >= 11 is 6.33. The number of nitrogens with one attached hydrogen (secondary N) is 1. The molecule has 2 aromatic rings. The monoisotopic (exact) mass is 357 g/mol. The minimum absolute atomic E-state index is 0.0167. The zero-order chi connectivity index (χ0) is 17.8. The number of hydrogen-bond acceptors (Lipinski definition) is 2. The van der Waals surface area contributed by atoms with E-state index in [0.717, 1.165) is 28.8 Å². The second kappa shape index (κ2) is 7.92. The van der Waals surface area contributed by atoms with E-state index in [2.05, 4.69) is 11.1 Å². The third-order valence-corrected chi connectivity index (χ3v) is 5.22. The Morgan fingerprint density at radius 1 is 1.28 bits per heavy atom. The van der Waals surface area contributed by atoms with Crippen LogP contribution in [-0.4, -0.2) is 12.1 Å². The number of aromatic amines is 1. The first-order chi connectivity index (χ1) is 12.1. The normalized spacial score (nSPS) is 15.6. The van der Waals surface area contributed by atoms with E-state index in [9.17, 15) is 4.79 Å². The summed E-state index contributed by atoms with van der Waals surface area (Å²) in [5.41, 5.74) is 3.66. The molecule has 0 aliphatic heterocycles. The number of rotatable bonds is 5. The molecule has 25 heavy (non-hydrogen) atoms. The van der Waals surface area contributed by atoms with Crippen LogP contribution in [0.1, 0.15) is 49.4 Å². The number of H-pyrrole nitrogens is 1. The van der Waals surface area contributed by atoms with Gasteiger partial charge in [0, 0.05) is 16.8 Å². The lowest BCUT2D eigenvalue weighted by molar-refractivity contribution is 0.415. The SMILES string of the molecule is CCc1ccc(/C(=C\C2CCCC2)c2ccc(OC)c(Cl)c2)[nH]c1=O. The molecule has 1 aliphatic rings. The van der Waals surface area contributed by atoms with Gasteiger partial charge < -0.3 is 9.72 Å². The van der Waals surface area contributed by atoms with Crippen LogP contribution in [0.25, 0.3) is 5.57 Å². The molecular weight excluding hydrogens is 334 g/mol. The van der Waals surface area contributed by atoms with Crippen molar-refractivity contribution in [3.8, 4) is 5.75 Å². The maximum atomic E-state index is 12.3. The highest BCUT2D eigenvalue weighted by atomic mass is 35.5. The summed E-state index contributed by atoms with van der Waals surface area (Å²) in [6.07, 6.45) is 7.95. The first kappa shape index (κ1) is 17.8. The minimum atomic E-state index is -0.0167. The molecule has 4 heteroatoms. The topological polar surface area (TPSA) is 42.1 Å². The molecule has 132 valence electrons. The Morgan fingerprint density at radius 3 is 2.64 bits per heavy atom. The Morgan fingerprint density at radius 2 is 2.04 bits per heavy atom. The maximum absolute atomic E-state index is 12.3. The van der Waals surface area contributed by atoms with Crippen molar-refractivity contribution in [2.24, 2.45) is 5.92 Å². The zero-order valence-electron chi connectivity index (χ0n) is 14.8. The van der Waals surface area contributed by atoms with Gasteiger partial charge in [-0.3, -0.25) is 4.79 Å². The molecule has 1 N–H and O–H groups in total. The number of benzene rings is 1. The Labute approximate surface area is 153 Å². The van der Waals surface area contributed by atoms with Crippen LogP contribution in [0.2, 0.25) is 5.02 Å². The van der Waals surface area contributed by atoms with Crippen molar-refractivity contribution in [1.29, 1.82) is 0 Å². The van der Waals surface area contributed by atoms with Crippen LogP contribution in [0.4, 0.5) is 0 Å². The number of methoxy groups -OCH3 is 1. The third-order valence-electron chi connectivity index (χ3n) is 4.93. The van der Waals surface area contributed by atoms with Gasteiger partial charge in [-0.25, -0.2) is 0 Å². The summed E-state index contributed by atoms with van der Waals surface area (Å²) in [5, 5.41) is 0.574. The molecule has 1 aromatic carbocycles. The van der Waals surface area contributed by atoms with Crippen molar-refractivity contribution in [3.63, 3.8) is 0 Å². The average molecular weight is 358 g/mol. The molecule has 1 aromatic heterocycles. The van der Waals surface area contributed by atoms with E-state index in [1.54, 1.807) is 7.11 Å². The molecular formula is C21H24ClNO2. The Hall–Kier alpha value is -2.00. The van der Waals surface area contributed by atoms with Crippen LogP contribution in [-0.2, 0) is 6.42 Å². The van der Waals surface area contributed by atoms with Gasteiger partial charge in [0.25, 0.3) is 5.56 Å². The smallest absolute Gasteiger partial charge is 0.251 e. The molecule has 1 fully saturated rings. The fourth-order valence-corrected chi connectivity index (χ4v) is 3.73. The van der Waals surface area contributed by atoms with Crippen LogP contribution in [0.5, 0.6) is 5.75 Å². The number of hydrogen-bond donors (Lipinski definition) is 1. The standard InChI is InChI=1S/C21H24ClNO2/c1-3-15-8-10-19(23-21(15)24)17(12-14-6-4-5-7-14)16-9-11-20(25-2)18(22)13-16/h8-14H,3-7H2,1-2H3,(H,23,24)/b17-12-. The number of halogens is 1. The molecule has 0 bridgehead atoms. The van der Waals surface area contributed by atoms with E-state index < -0.39 is 0 Å². The summed E-state index contributed by atoms with van der Waals surface area (Å²) in [5.74, 6) is 1.20. The second-order valence-corrected chi connectivity index (χ2v) is 6.96. The van der Waals surface area contributed by atoms with E-state index >= 15 is 0 Å². The maximum Gasteiger partial charge on any atom is 0.251 e. The van der Waals surface area contributed by atoms with E-state index in [4.69, 9.17) is 16.3 Å². The first-order valence-corrected chi connectivity index (χ1v) is 9.28. The van der Waals surface area contributed by atoms with Gasteiger partial charge in [0.15, 0.2) is 0 Å². The van der Waals surface area contributed by atoms with Crippen LogP contribution in [0.3, 0.4) is 0 Å². The number of aryl methyl sites for hydroxylation is 1. The minimum Gasteiger partial charge on any atom is -0.495 e.